The second kappa shape index (κ2) is 6.66. The van der Waals surface area contributed by atoms with E-state index in [0.29, 0.717) is 0 Å². The van der Waals surface area contributed by atoms with Gasteiger partial charge in [0, 0.05) is 11.3 Å². The first kappa shape index (κ1) is 15.4. The van der Waals surface area contributed by atoms with Gasteiger partial charge < -0.3 is 0 Å². The smallest absolute Gasteiger partial charge is 0.0674 e. The number of hydrogen-bond donors (Lipinski definition) is 0. The average molecular weight is 280 g/mol. The Bertz CT molecular complexity index is 705. The molecule has 0 atom stereocenters. The van der Waals surface area contributed by atoms with Crippen LogP contribution in [-0.2, 0) is 12.8 Å². The van der Waals surface area contributed by atoms with E-state index >= 15 is 0 Å². The normalized spacial score (nSPS) is 11.8. The van der Waals surface area contributed by atoms with Crippen LogP contribution in [0.2, 0.25) is 0 Å². The summed E-state index contributed by atoms with van der Waals surface area (Å²) in [5, 5.41) is 11.3. The minimum atomic E-state index is 0.974. The molecule has 2 rings (SSSR count). The molecule has 0 spiro atoms. The molecule has 0 aliphatic carbocycles. The Morgan fingerprint density at radius 3 is 2.24 bits per heavy atom. The predicted molar refractivity (Wildman–Crippen MR) is 93.7 cm³/mol. The summed E-state index contributed by atoms with van der Waals surface area (Å²) >= 11 is 0. The lowest BCUT2D eigenvalue weighted by atomic mass is 9.92. The summed E-state index contributed by atoms with van der Waals surface area (Å²) in [6, 6.07) is 11.0. The fourth-order valence-corrected chi connectivity index (χ4v) is 2.74. The summed E-state index contributed by atoms with van der Waals surface area (Å²) < 4.78 is 0. The lowest BCUT2D eigenvalue weighted by Crippen LogP contribution is -2.02. The van der Waals surface area contributed by atoms with Crippen LogP contribution < -0.4 is 0 Å². The van der Waals surface area contributed by atoms with Gasteiger partial charge in [0.15, 0.2) is 0 Å². The third-order valence-electron chi connectivity index (χ3n) is 3.79. The van der Waals surface area contributed by atoms with Gasteiger partial charge in [-0.05, 0) is 55.5 Å². The van der Waals surface area contributed by atoms with Gasteiger partial charge >= 0.3 is 0 Å². The van der Waals surface area contributed by atoms with Crippen LogP contribution in [0.15, 0.2) is 40.5 Å². The molecule has 0 unspecified atom stereocenters. The Morgan fingerprint density at radius 2 is 1.62 bits per heavy atom. The highest BCUT2D eigenvalue weighted by Gasteiger charge is 2.10. The summed E-state index contributed by atoms with van der Waals surface area (Å²) in [6.07, 6.45) is 2.06. The number of rotatable bonds is 4. The Labute approximate surface area is 127 Å². The number of benzene rings is 2. The molecule has 0 fully saturated rings. The Hall–Kier alpha value is -1.96. The molecular formula is C19H24N2. The van der Waals surface area contributed by atoms with Crippen LogP contribution in [0, 0.1) is 0 Å². The van der Waals surface area contributed by atoms with Crippen molar-refractivity contribution < 1.29 is 0 Å². The first-order chi connectivity index (χ1) is 10.1. The molecule has 21 heavy (non-hydrogen) atoms. The molecule has 2 heteroatoms. The third-order valence-corrected chi connectivity index (χ3v) is 3.79. The van der Waals surface area contributed by atoms with Crippen LogP contribution in [0.25, 0.3) is 10.8 Å². The number of hydrogen-bond acceptors (Lipinski definition) is 2. The lowest BCUT2D eigenvalue weighted by Gasteiger charge is -2.13. The summed E-state index contributed by atoms with van der Waals surface area (Å²) in [4.78, 5) is 0. The molecule has 0 aliphatic rings. The van der Waals surface area contributed by atoms with E-state index in [4.69, 9.17) is 0 Å². The fraction of sp³-hybridized carbons (Fsp3) is 0.368. The third kappa shape index (κ3) is 3.21. The van der Waals surface area contributed by atoms with Gasteiger partial charge in [-0.2, -0.15) is 10.2 Å². The summed E-state index contributed by atoms with van der Waals surface area (Å²) in [7, 11) is 0. The molecule has 2 aromatic rings. The van der Waals surface area contributed by atoms with Crippen molar-refractivity contribution in [2.45, 2.75) is 47.5 Å². The van der Waals surface area contributed by atoms with Crippen molar-refractivity contribution in [2.75, 3.05) is 0 Å². The predicted octanol–water partition coefficient (Wildman–Crippen LogP) is 5.17. The molecule has 0 radical (unpaired) electrons. The van der Waals surface area contributed by atoms with Crippen LogP contribution in [0.1, 0.15) is 51.3 Å². The zero-order valence-electron chi connectivity index (χ0n) is 13.7. The van der Waals surface area contributed by atoms with E-state index in [9.17, 15) is 0 Å². The van der Waals surface area contributed by atoms with Gasteiger partial charge in [0.05, 0.1) is 5.71 Å². The molecular weight excluding hydrogens is 256 g/mol. The minimum absolute atomic E-state index is 0.974. The van der Waals surface area contributed by atoms with Gasteiger partial charge in [-0.15, -0.1) is 0 Å². The van der Waals surface area contributed by atoms with Crippen molar-refractivity contribution in [1.82, 2.24) is 0 Å². The van der Waals surface area contributed by atoms with Crippen LogP contribution in [0.5, 0.6) is 0 Å². The topological polar surface area (TPSA) is 24.7 Å². The van der Waals surface area contributed by atoms with Crippen LogP contribution in [0.4, 0.5) is 0 Å². The van der Waals surface area contributed by atoms with Gasteiger partial charge in [0.2, 0.25) is 0 Å². The molecule has 2 nitrogen and oxygen atoms in total. The Kier molecular flexibility index (Phi) is 4.89. The van der Waals surface area contributed by atoms with Gasteiger partial charge in [-0.1, -0.05) is 44.2 Å². The molecule has 0 aromatic heterocycles. The van der Waals surface area contributed by atoms with E-state index in [2.05, 4.69) is 54.4 Å². The molecule has 110 valence electrons. The van der Waals surface area contributed by atoms with Crippen molar-refractivity contribution in [2.24, 2.45) is 10.2 Å². The molecule has 2 aromatic carbocycles. The van der Waals surface area contributed by atoms with Crippen molar-refractivity contribution in [3.05, 3.63) is 47.0 Å². The second-order valence-electron chi connectivity index (χ2n) is 5.54. The SMILES string of the molecule is CCc1cccc2c(CC)c(/C(C)=N/N=C(C)C)ccc12. The van der Waals surface area contributed by atoms with Gasteiger partial charge in [-0.3, -0.25) is 0 Å². The Morgan fingerprint density at radius 1 is 0.857 bits per heavy atom. The maximum Gasteiger partial charge on any atom is 0.0674 e. The Balaban J connectivity index is 2.67. The van der Waals surface area contributed by atoms with Crippen molar-refractivity contribution in [1.29, 1.82) is 0 Å². The van der Waals surface area contributed by atoms with E-state index < -0.39 is 0 Å². The van der Waals surface area contributed by atoms with Crippen LogP contribution in [-0.4, -0.2) is 11.4 Å². The minimum Gasteiger partial charge on any atom is -0.160 e. The highest BCUT2D eigenvalue weighted by Crippen LogP contribution is 2.27. The highest BCUT2D eigenvalue weighted by atomic mass is 15.2. The maximum atomic E-state index is 4.36. The summed E-state index contributed by atoms with van der Waals surface area (Å²) in [5.74, 6) is 0. The number of aryl methyl sites for hydroxylation is 2. The van der Waals surface area contributed by atoms with Gasteiger partial charge in [0.1, 0.15) is 0 Å². The molecule has 0 bridgehead atoms. The van der Waals surface area contributed by atoms with E-state index in [1.54, 1.807) is 0 Å². The first-order valence-corrected chi connectivity index (χ1v) is 7.67. The van der Waals surface area contributed by atoms with E-state index in [-0.39, 0.29) is 0 Å². The second-order valence-corrected chi connectivity index (χ2v) is 5.54. The van der Waals surface area contributed by atoms with Gasteiger partial charge in [0.25, 0.3) is 0 Å². The van der Waals surface area contributed by atoms with Crippen molar-refractivity contribution in [3.8, 4) is 0 Å². The molecule has 0 heterocycles. The van der Waals surface area contributed by atoms with Crippen molar-refractivity contribution in [3.63, 3.8) is 0 Å². The van der Waals surface area contributed by atoms with Gasteiger partial charge in [-0.25, -0.2) is 0 Å². The first-order valence-electron chi connectivity index (χ1n) is 7.67. The zero-order chi connectivity index (χ0) is 15.4. The quantitative estimate of drug-likeness (QED) is 0.545. The number of nitrogens with zero attached hydrogens (tertiary/aromatic N) is 2. The monoisotopic (exact) mass is 280 g/mol. The summed E-state index contributed by atoms with van der Waals surface area (Å²) in [6.45, 7) is 10.4. The summed E-state index contributed by atoms with van der Waals surface area (Å²) in [5.41, 5.74) is 5.94. The van der Waals surface area contributed by atoms with Crippen LogP contribution >= 0.6 is 0 Å². The molecule has 0 aliphatic heterocycles. The molecule has 0 amide bonds. The van der Waals surface area contributed by atoms with Crippen LogP contribution in [0.3, 0.4) is 0 Å². The zero-order valence-corrected chi connectivity index (χ0v) is 13.7. The van der Waals surface area contributed by atoms with E-state index in [1.165, 1.54) is 27.5 Å². The fourth-order valence-electron chi connectivity index (χ4n) is 2.74. The van der Waals surface area contributed by atoms with E-state index in [0.717, 1.165) is 24.3 Å². The maximum absolute atomic E-state index is 4.36. The lowest BCUT2D eigenvalue weighted by molar-refractivity contribution is 1.13. The number of fused-ring (bicyclic) bond motifs is 1. The average Bonchev–Trinajstić information content (AvgIpc) is 2.50. The molecule has 0 saturated heterocycles. The molecule has 0 N–H and O–H groups in total. The highest BCUT2D eigenvalue weighted by molar-refractivity contribution is 6.05. The van der Waals surface area contributed by atoms with E-state index in [1.807, 2.05) is 20.8 Å². The van der Waals surface area contributed by atoms with Crippen molar-refractivity contribution >= 4 is 22.2 Å². The largest absolute Gasteiger partial charge is 0.160 e. The standard InChI is InChI=1S/C19H24N2/c1-6-15-9-8-10-19-16(7-2)17(11-12-18(15)19)14(5)21-20-13(3)4/h8-12H,6-7H2,1-5H3/b21-14+. The molecule has 0 saturated carbocycles.